The van der Waals surface area contributed by atoms with E-state index in [2.05, 4.69) is 5.32 Å². The van der Waals surface area contributed by atoms with Crippen LogP contribution in [0.25, 0.3) is 0 Å². The minimum atomic E-state index is -4.53. The quantitative estimate of drug-likeness (QED) is 0.666. The molecule has 0 aromatic heterocycles. The first-order chi connectivity index (χ1) is 11.0. The van der Waals surface area contributed by atoms with E-state index in [1.807, 2.05) is 0 Å². The molecular formula is C14H19F3N2O4S. The van der Waals surface area contributed by atoms with Crippen molar-refractivity contribution < 1.29 is 31.1 Å². The summed E-state index contributed by atoms with van der Waals surface area (Å²) < 4.78 is 65.3. The molecule has 0 aliphatic carbocycles. The summed E-state index contributed by atoms with van der Waals surface area (Å²) >= 11 is 0. The Balaban J connectivity index is 2.43. The molecule has 0 bridgehead atoms. The van der Waals surface area contributed by atoms with E-state index in [9.17, 15) is 26.4 Å². The fraction of sp³-hybridized carbons (Fsp3) is 0.500. The molecule has 0 aliphatic heterocycles. The Bertz CT molecular complexity index is 662. The van der Waals surface area contributed by atoms with Crippen LogP contribution in [0.15, 0.2) is 24.3 Å². The first-order valence-electron chi connectivity index (χ1n) is 7.01. The van der Waals surface area contributed by atoms with Gasteiger partial charge in [0.2, 0.25) is 5.91 Å². The summed E-state index contributed by atoms with van der Waals surface area (Å²) in [5, 5.41) is 2.38. The predicted molar refractivity (Wildman–Crippen MR) is 82.3 cm³/mol. The van der Waals surface area contributed by atoms with Crippen molar-refractivity contribution in [2.45, 2.75) is 18.6 Å². The molecule has 1 atom stereocenters. The largest absolute Gasteiger partial charge is 0.491 e. The lowest BCUT2D eigenvalue weighted by molar-refractivity contribution is -0.139. The highest BCUT2D eigenvalue weighted by Gasteiger charge is 2.33. The van der Waals surface area contributed by atoms with Gasteiger partial charge in [0.1, 0.15) is 22.2 Å². The zero-order valence-electron chi connectivity index (χ0n) is 13.0. The number of para-hydroxylation sites is 1. The summed E-state index contributed by atoms with van der Waals surface area (Å²) in [5.74, 6) is -1.15. The van der Waals surface area contributed by atoms with Gasteiger partial charge < -0.3 is 15.8 Å². The molecule has 1 unspecified atom stereocenters. The smallest absolute Gasteiger partial charge is 0.419 e. The number of carbonyl (C=O) groups is 1. The number of rotatable bonds is 8. The second-order valence-electron chi connectivity index (χ2n) is 5.16. The fourth-order valence-corrected chi connectivity index (χ4v) is 2.45. The Morgan fingerprint density at radius 1 is 1.33 bits per heavy atom. The van der Waals surface area contributed by atoms with Gasteiger partial charge in [-0.2, -0.15) is 13.2 Å². The van der Waals surface area contributed by atoms with Crippen molar-refractivity contribution in [3.8, 4) is 5.75 Å². The second kappa shape index (κ2) is 8.34. The monoisotopic (exact) mass is 368 g/mol. The molecule has 1 rings (SSSR count). The molecule has 0 fully saturated rings. The Kier molecular flexibility index (Phi) is 7.03. The molecule has 0 aliphatic rings. The van der Waals surface area contributed by atoms with Crippen molar-refractivity contribution in [1.29, 1.82) is 0 Å². The highest BCUT2D eigenvalue weighted by atomic mass is 32.2. The van der Waals surface area contributed by atoms with Gasteiger partial charge in [-0.15, -0.1) is 0 Å². The Hall–Kier alpha value is -1.81. The van der Waals surface area contributed by atoms with Gasteiger partial charge in [0.25, 0.3) is 0 Å². The zero-order chi connectivity index (χ0) is 18.4. The maximum Gasteiger partial charge on any atom is 0.419 e. The van der Waals surface area contributed by atoms with E-state index in [-0.39, 0.29) is 31.1 Å². The molecule has 24 heavy (non-hydrogen) atoms. The second-order valence-corrected chi connectivity index (χ2v) is 7.42. The van der Waals surface area contributed by atoms with Crippen LogP contribution in [0.1, 0.15) is 12.0 Å². The first kappa shape index (κ1) is 20.2. The van der Waals surface area contributed by atoms with Crippen LogP contribution in [0.5, 0.6) is 5.75 Å². The van der Waals surface area contributed by atoms with Crippen molar-refractivity contribution >= 4 is 15.7 Å². The molecule has 0 saturated carbocycles. The minimum absolute atomic E-state index is 0.0393. The third-order valence-electron chi connectivity index (χ3n) is 2.99. The number of nitrogens with one attached hydrogen (secondary N) is 1. The Labute approximate surface area is 138 Å². The van der Waals surface area contributed by atoms with Gasteiger partial charge >= 0.3 is 6.18 Å². The summed E-state index contributed by atoms with van der Waals surface area (Å²) in [6.07, 6.45) is -3.54. The van der Waals surface area contributed by atoms with E-state index in [4.69, 9.17) is 10.5 Å². The summed E-state index contributed by atoms with van der Waals surface area (Å²) in [5.41, 5.74) is 4.63. The number of amides is 1. The lowest BCUT2D eigenvalue weighted by Crippen LogP contribution is -2.43. The van der Waals surface area contributed by atoms with E-state index in [1.54, 1.807) is 0 Å². The van der Waals surface area contributed by atoms with Crippen LogP contribution in [-0.2, 0) is 20.8 Å². The third-order valence-corrected chi connectivity index (χ3v) is 3.97. The number of halogens is 3. The molecule has 10 heteroatoms. The average molecular weight is 368 g/mol. The number of benzene rings is 1. The predicted octanol–water partition coefficient (Wildman–Crippen LogP) is 0.962. The van der Waals surface area contributed by atoms with Gasteiger partial charge in [0, 0.05) is 6.26 Å². The van der Waals surface area contributed by atoms with Gasteiger partial charge in [-0.25, -0.2) is 8.42 Å². The minimum Gasteiger partial charge on any atom is -0.491 e. The molecule has 1 aromatic rings. The summed E-state index contributed by atoms with van der Waals surface area (Å²) in [7, 11) is -3.22. The number of ether oxygens (including phenoxy) is 1. The molecule has 136 valence electrons. The SMILES string of the molecule is CS(=O)(=O)CCC(N)C(=O)NCCOc1ccccc1C(F)(F)F. The molecule has 0 radical (unpaired) electrons. The van der Waals surface area contributed by atoms with Crippen molar-refractivity contribution in [3.63, 3.8) is 0 Å². The third kappa shape index (κ3) is 7.18. The van der Waals surface area contributed by atoms with Gasteiger partial charge in [-0.05, 0) is 18.6 Å². The highest BCUT2D eigenvalue weighted by molar-refractivity contribution is 7.90. The number of alkyl halides is 3. The number of carbonyl (C=O) groups excluding carboxylic acids is 1. The fourth-order valence-electron chi connectivity index (χ4n) is 1.77. The molecule has 0 saturated heterocycles. The van der Waals surface area contributed by atoms with E-state index >= 15 is 0 Å². The van der Waals surface area contributed by atoms with Crippen LogP contribution in [0.2, 0.25) is 0 Å². The lowest BCUT2D eigenvalue weighted by Gasteiger charge is -2.15. The lowest BCUT2D eigenvalue weighted by atomic mass is 10.2. The van der Waals surface area contributed by atoms with E-state index in [1.165, 1.54) is 18.2 Å². The van der Waals surface area contributed by atoms with Crippen LogP contribution in [0.3, 0.4) is 0 Å². The summed E-state index contributed by atoms with van der Waals surface area (Å²) in [6, 6.07) is 3.72. The van der Waals surface area contributed by atoms with Crippen molar-refractivity contribution in [1.82, 2.24) is 5.32 Å². The first-order valence-corrected chi connectivity index (χ1v) is 9.07. The molecule has 1 aromatic carbocycles. The van der Waals surface area contributed by atoms with E-state index in [0.717, 1.165) is 12.3 Å². The van der Waals surface area contributed by atoms with Crippen LogP contribution in [0.4, 0.5) is 13.2 Å². The normalized spacial score (nSPS) is 13.4. The standard InChI is InChI=1S/C14H19F3N2O4S/c1-24(21,22)9-6-11(18)13(20)19-7-8-23-12-5-3-2-4-10(12)14(15,16)17/h2-5,11H,6-9,18H2,1H3,(H,19,20). The van der Waals surface area contributed by atoms with Gasteiger partial charge in [-0.1, -0.05) is 12.1 Å². The van der Waals surface area contributed by atoms with Crippen LogP contribution in [-0.4, -0.2) is 45.5 Å². The van der Waals surface area contributed by atoms with Crippen molar-refractivity contribution in [3.05, 3.63) is 29.8 Å². The molecular weight excluding hydrogens is 349 g/mol. The maximum absolute atomic E-state index is 12.8. The number of hydrogen-bond donors (Lipinski definition) is 2. The van der Waals surface area contributed by atoms with Crippen LogP contribution >= 0.6 is 0 Å². The Morgan fingerprint density at radius 2 is 1.96 bits per heavy atom. The van der Waals surface area contributed by atoms with Gasteiger partial charge in [0.15, 0.2) is 0 Å². The number of nitrogens with two attached hydrogens (primary N) is 1. The molecule has 0 heterocycles. The molecule has 6 nitrogen and oxygen atoms in total. The van der Waals surface area contributed by atoms with Crippen molar-refractivity contribution in [2.75, 3.05) is 25.2 Å². The van der Waals surface area contributed by atoms with E-state index in [0.29, 0.717) is 0 Å². The van der Waals surface area contributed by atoms with Gasteiger partial charge in [-0.3, -0.25) is 4.79 Å². The number of hydrogen-bond acceptors (Lipinski definition) is 5. The van der Waals surface area contributed by atoms with Gasteiger partial charge in [0.05, 0.1) is 23.9 Å². The average Bonchev–Trinajstić information content (AvgIpc) is 2.47. The topological polar surface area (TPSA) is 98.5 Å². The zero-order valence-corrected chi connectivity index (χ0v) is 13.8. The molecule has 1 amide bonds. The number of sulfone groups is 1. The van der Waals surface area contributed by atoms with Crippen LogP contribution in [0, 0.1) is 0 Å². The highest BCUT2D eigenvalue weighted by Crippen LogP contribution is 2.35. The van der Waals surface area contributed by atoms with Crippen molar-refractivity contribution in [2.24, 2.45) is 5.73 Å². The summed E-state index contributed by atoms with van der Waals surface area (Å²) in [4.78, 5) is 11.6. The van der Waals surface area contributed by atoms with Crippen LogP contribution < -0.4 is 15.8 Å². The van der Waals surface area contributed by atoms with E-state index < -0.39 is 33.5 Å². The molecule has 3 N–H and O–H groups in total. The molecule has 0 spiro atoms. The maximum atomic E-state index is 12.8. The summed E-state index contributed by atoms with van der Waals surface area (Å²) in [6.45, 7) is -0.241. The Morgan fingerprint density at radius 3 is 2.54 bits per heavy atom.